The predicted molar refractivity (Wildman–Crippen MR) is 119 cm³/mol. The van der Waals surface area contributed by atoms with Gasteiger partial charge >= 0.3 is 0 Å². The second-order valence-electron chi connectivity index (χ2n) is 7.09. The molecule has 8 heteroatoms. The largest absolute Gasteiger partial charge is 0.450 e. The number of anilines is 2. The third kappa shape index (κ3) is 3.32. The van der Waals surface area contributed by atoms with Crippen LogP contribution >= 0.6 is 0 Å². The maximum absolute atomic E-state index is 9.55. The summed E-state index contributed by atoms with van der Waals surface area (Å²) in [5.41, 5.74) is 10.3. The molecule has 0 amide bonds. The van der Waals surface area contributed by atoms with Crippen molar-refractivity contribution >= 4 is 33.7 Å². The molecule has 31 heavy (non-hydrogen) atoms. The zero-order chi connectivity index (χ0) is 21.2. The molecule has 3 heterocycles. The van der Waals surface area contributed by atoms with Gasteiger partial charge in [-0.25, -0.2) is 14.6 Å². The van der Waals surface area contributed by atoms with Gasteiger partial charge in [-0.2, -0.15) is 10.4 Å². The fourth-order valence-corrected chi connectivity index (χ4v) is 3.65. The molecule has 0 aliphatic carbocycles. The highest BCUT2D eigenvalue weighted by atomic mass is 16.3. The number of aromatic nitrogens is 4. The highest BCUT2D eigenvalue weighted by molar-refractivity contribution is 6.05. The summed E-state index contributed by atoms with van der Waals surface area (Å²) in [5, 5.41) is 18.4. The molecule has 5 rings (SSSR count). The summed E-state index contributed by atoms with van der Waals surface area (Å²) in [4.78, 5) is 8.69. The van der Waals surface area contributed by atoms with Gasteiger partial charge in [0.2, 0.25) is 0 Å². The smallest absolute Gasteiger partial charge is 0.196 e. The maximum atomic E-state index is 9.55. The van der Waals surface area contributed by atoms with Gasteiger partial charge in [-0.05, 0) is 37.1 Å². The van der Waals surface area contributed by atoms with E-state index in [0.717, 1.165) is 28.6 Å². The van der Waals surface area contributed by atoms with Crippen LogP contribution in [0, 0.1) is 11.3 Å². The van der Waals surface area contributed by atoms with Gasteiger partial charge in [-0.3, -0.25) is 0 Å². The van der Waals surface area contributed by atoms with Crippen LogP contribution in [-0.4, -0.2) is 26.3 Å². The summed E-state index contributed by atoms with van der Waals surface area (Å²) < 4.78 is 7.56. The van der Waals surface area contributed by atoms with Crippen LogP contribution in [0.5, 0.6) is 0 Å². The number of furan rings is 1. The van der Waals surface area contributed by atoms with Gasteiger partial charge in [0, 0.05) is 11.9 Å². The standard InChI is InChI=1S/C23H19N7O/c24-13-17-18(29-30(22(17)25)15-7-2-1-3-8-15)10-6-12-26-23-21-20(27-14-28-23)16-9-4-5-11-19(16)31-21/h1-5,7-9,11,14H,6,10,12,25H2,(H,26,27,28). The van der Waals surface area contributed by atoms with Crippen molar-refractivity contribution in [2.24, 2.45) is 0 Å². The van der Waals surface area contributed by atoms with Crippen LogP contribution in [0.2, 0.25) is 0 Å². The monoisotopic (exact) mass is 409 g/mol. The molecule has 0 atom stereocenters. The van der Waals surface area contributed by atoms with Crippen molar-refractivity contribution in [2.75, 3.05) is 17.6 Å². The molecule has 3 aromatic heterocycles. The third-order valence-corrected chi connectivity index (χ3v) is 5.15. The second-order valence-corrected chi connectivity index (χ2v) is 7.09. The Morgan fingerprint density at radius 3 is 2.71 bits per heavy atom. The molecule has 0 radical (unpaired) electrons. The fourth-order valence-electron chi connectivity index (χ4n) is 3.65. The van der Waals surface area contributed by atoms with Crippen LogP contribution in [0.1, 0.15) is 17.7 Å². The minimum Gasteiger partial charge on any atom is -0.450 e. The molecule has 0 spiro atoms. The van der Waals surface area contributed by atoms with Crippen LogP contribution in [0.25, 0.3) is 27.8 Å². The topological polar surface area (TPSA) is 119 Å². The average molecular weight is 409 g/mol. The quantitative estimate of drug-likeness (QED) is 0.406. The summed E-state index contributed by atoms with van der Waals surface area (Å²) in [6.07, 6.45) is 2.88. The lowest BCUT2D eigenvalue weighted by Crippen LogP contribution is -2.06. The number of fused-ring (bicyclic) bond motifs is 3. The van der Waals surface area contributed by atoms with Crippen molar-refractivity contribution in [3.8, 4) is 11.8 Å². The predicted octanol–water partition coefficient (Wildman–Crippen LogP) is 4.06. The summed E-state index contributed by atoms with van der Waals surface area (Å²) in [7, 11) is 0. The van der Waals surface area contributed by atoms with Gasteiger partial charge in [0.15, 0.2) is 11.4 Å². The van der Waals surface area contributed by atoms with Crippen LogP contribution in [0.3, 0.4) is 0 Å². The van der Waals surface area contributed by atoms with E-state index in [4.69, 9.17) is 10.2 Å². The lowest BCUT2D eigenvalue weighted by molar-refractivity contribution is 0.666. The molecule has 3 N–H and O–H groups in total. The van der Waals surface area contributed by atoms with E-state index in [1.807, 2.05) is 54.6 Å². The molecule has 2 aromatic carbocycles. The maximum Gasteiger partial charge on any atom is 0.196 e. The molecule has 152 valence electrons. The van der Waals surface area contributed by atoms with Gasteiger partial charge in [0.05, 0.1) is 11.4 Å². The van der Waals surface area contributed by atoms with Crippen molar-refractivity contribution in [1.29, 1.82) is 5.26 Å². The van der Waals surface area contributed by atoms with Crippen LogP contribution in [-0.2, 0) is 6.42 Å². The van der Waals surface area contributed by atoms with E-state index in [2.05, 4.69) is 26.5 Å². The van der Waals surface area contributed by atoms with Crippen LogP contribution in [0.15, 0.2) is 65.3 Å². The number of nitriles is 1. The lowest BCUT2D eigenvalue weighted by Gasteiger charge is -2.05. The molecular formula is C23H19N7O. The number of rotatable bonds is 6. The summed E-state index contributed by atoms with van der Waals surface area (Å²) >= 11 is 0. The highest BCUT2D eigenvalue weighted by Crippen LogP contribution is 2.30. The summed E-state index contributed by atoms with van der Waals surface area (Å²) in [6, 6.07) is 19.5. The van der Waals surface area contributed by atoms with Gasteiger partial charge in [0.1, 0.15) is 34.9 Å². The third-order valence-electron chi connectivity index (χ3n) is 5.15. The van der Waals surface area contributed by atoms with Crippen LogP contribution < -0.4 is 11.1 Å². The highest BCUT2D eigenvalue weighted by Gasteiger charge is 2.17. The number of nitrogens with two attached hydrogens (primary N) is 1. The van der Waals surface area contributed by atoms with Gasteiger partial charge in [0.25, 0.3) is 0 Å². The Hall–Kier alpha value is -4.38. The van der Waals surface area contributed by atoms with E-state index in [-0.39, 0.29) is 0 Å². The molecule has 0 saturated heterocycles. The molecule has 0 aliphatic heterocycles. The van der Waals surface area contributed by atoms with Gasteiger partial charge in [-0.15, -0.1) is 0 Å². The van der Waals surface area contributed by atoms with Crippen molar-refractivity contribution < 1.29 is 4.42 Å². The number of benzene rings is 2. The first-order valence-electron chi connectivity index (χ1n) is 9.95. The Morgan fingerprint density at radius 2 is 1.87 bits per heavy atom. The SMILES string of the molecule is N#Cc1c(CCCNc2ncnc3c2oc2ccccc23)nn(-c2ccccc2)c1N. The molecule has 0 unspecified atom stereocenters. The molecule has 0 saturated carbocycles. The zero-order valence-corrected chi connectivity index (χ0v) is 16.6. The second kappa shape index (κ2) is 7.80. The fraction of sp³-hybridized carbons (Fsp3) is 0.130. The first-order valence-corrected chi connectivity index (χ1v) is 9.95. The number of nitrogens with one attached hydrogen (secondary N) is 1. The van der Waals surface area contributed by atoms with Crippen molar-refractivity contribution in [2.45, 2.75) is 12.8 Å². The van der Waals surface area contributed by atoms with Gasteiger partial charge < -0.3 is 15.5 Å². The molecule has 0 fully saturated rings. The Morgan fingerprint density at radius 1 is 1.06 bits per heavy atom. The number of nitrogens with zero attached hydrogens (tertiary/aromatic N) is 5. The Bertz CT molecular complexity index is 1410. The van der Waals surface area contributed by atoms with E-state index >= 15 is 0 Å². The molecule has 0 aliphatic rings. The number of para-hydroxylation sites is 2. The van der Waals surface area contributed by atoms with Crippen molar-refractivity contribution in [1.82, 2.24) is 19.7 Å². The van der Waals surface area contributed by atoms with E-state index < -0.39 is 0 Å². The summed E-state index contributed by atoms with van der Waals surface area (Å²) in [6.45, 7) is 0.631. The Kier molecular flexibility index (Phi) is 4.69. The number of aryl methyl sites for hydroxylation is 1. The Balaban J connectivity index is 1.32. The number of hydrogen-bond acceptors (Lipinski definition) is 7. The van der Waals surface area contributed by atoms with E-state index in [1.165, 1.54) is 6.33 Å². The van der Waals surface area contributed by atoms with Gasteiger partial charge in [-0.1, -0.05) is 30.3 Å². The van der Waals surface area contributed by atoms with E-state index in [1.54, 1.807) is 4.68 Å². The zero-order valence-electron chi connectivity index (χ0n) is 16.6. The first kappa shape index (κ1) is 18.6. The lowest BCUT2D eigenvalue weighted by atomic mass is 10.1. The van der Waals surface area contributed by atoms with E-state index in [0.29, 0.717) is 41.4 Å². The minimum atomic E-state index is 0.358. The molecule has 8 nitrogen and oxygen atoms in total. The summed E-state index contributed by atoms with van der Waals surface area (Å²) in [5.74, 6) is 1.01. The van der Waals surface area contributed by atoms with Crippen LogP contribution in [0.4, 0.5) is 11.6 Å². The first-order chi connectivity index (χ1) is 15.3. The molecular weight excluding hydrogens is 390 g/mol. The normalized spacial score (nSPS) is 11.1. The van der Waals surface area contributed by atoms with E-state index in [9.17, 15) is 5.26 Å². The van der Waals surface area contributed by atoms with Crippen molar-refractivity contribution in [3.05, 3.63) is 72.2 Å². The number of hydrogen-bond donors (Lipinski definition) is 2. The Labute approximate surface area is 177 Å². The minimum absolute atomic E-state index is 0.358. The average Bonchev–Trinajstić information content (AvgIpc) is 3.35. The molecule has 5 aromatic rings. The number of nitrogen functional groups attached to an aromatic ring is 1. The molecule has 0 bridgehead atoms. The van der Waals surface area contributed by atoms with Crippen molar-refractivity contribution in [3.63, 3.8) is 0 Å².